The van der Waals surface area contributed by atoms with Crippen LogP contribution in [0.25, 0.3) is 0 Å². The number of rotatable bonds is 3. The van der Waals surface area contributed by atoms with Crippen LogP contribution in [-0.4, -0.2) is 24.4 Å². The molecule has 0 amide bonds. The third-order valence-electron chi connectivity index (χ3n) is 1.22. The van der Waals surface area contributed by atoms with Crippen LogP contribution < -0.4 is 0 Å². The van der Waals surface area contributed by atoms with Gasteiger partial charge in [-0.2, -0.15) is 26.3 Å². The Balaban J connectivity index is 4.66. The predicted octanol–water partition coefficient (Wildman–Crippen LogP) is 2.60. The molecule has 0 radical (unpaired) electrons. The van der Waals surface area contributed by atoms with Crippen molar-refractivity contribution in [3.8, 4) is 0 Å². The molecule has 0 rings (SSSR count). The summed E-state index contributed by atoms with van der Waals surface area (Å²) in [5.74, 6) is -7.40. The van der Waals surface area contributed by atoms with Crippen LogP contribution >= 0.6 is 0 Å². The molecule has 1 unspecified atom stereocenters. The van der Waals surface area contributed by atoms with Crippen LogP contribution in [0.2, 0.25) is 0 Å². The summed E-state index contributed by atoms with van der Waals surface area (Å²) in [6, 6.07) is 0. The fraction of sp³-hybridized carbons (Fsp3) is 0.571. The maximum Gasteiger partial charge on any atom is 0.460 e. The molecular weight excluding hydrogens is 230 g/mol. The van der Waals surface area contributed by atoms with Gasteiger partial charge >= 0.3 is 24.4 Å². The van der Waals surface area contributed by atoms with Gasteiger partial charge in [-0.15, -0.1) is 0 Å². The first-order chi connectivity index (χ1) is 6.50. The van der Waals surface area contributed by atoms with Crippen LogP contribution in [-0.2, 0) is 9.53 Å². The third-order valence-corrected chi connectivity index (χ3v) is 1.22. The van der Waals surface area contributed by atoms with Gasteiger partial charge in [-0.05, 0) is 6.92 Å². The average Bonchev–Trinajstić information content (AvgIpc) is 2.01. The molecule has 0 heterocycles. The molecule has 0 fully saturated rings. The summed E-state index contributed by atoms with van der Waals surface area (Å²) < 4.78 is 74.4. The zero-order valence-corrected chi connectivity index (χ0v) is 7.37. The molecule has 0 aliphatic rings. The van der Waals surface area contributed by atoms with Gasteiger partial charge in [0.25, 0.3) is 0 Å². The van der Waals surface area contributed by atoms with E-state index in [4.69, 9.17) is 0 Å². The maximum atomic E-state index is 12.3. The summed E-state index contributed by atoms with van der Waals surface area (Å²) in [7, 11) is 0. The van der Waals surface area contributed by atoms with Gasteiger partial charge < -0.3 is 4.74 Å². The molecule has 0 saturated heterocycles. The van der Waals surface area contributed by atoms with Crippen molar-refractivity contribution < 1.29 is 35.9 Å². The molecule has 0 N–H and O–H groups in total. The van der Waals surface area contributed by atoms with Gasteiger partial charge in [-0.25, -0.2) is 4.79 Å². The van der Waals surface area contributed by atoms with E-state index in [1.807, 2.05) is 0 Å². The number of halogens is 6. The molecule has 0 aromatic rings. The standard InChI is InChI=1S/C7H6F6O2/c1-3(2)4(14)15-5(8)6(9,10)7(11,12)13/h5H,1H2,2H3. The fourth-order valence-electron chi connectivity index (χ4n) is 0.397. The number of hydrogen-bond donors (Lipinski definition) is 0. The number of carbonyl (C=O) groups excluding carboxylic acids is 1. The third kappa shape index (κ3) is 3.14. The second-order valence-electron chi connectivity index (χ2n) is 2.62. The van der Waals surface area contributed by atoms with Crippen molar-refractivity contribution in [1.29, 1.82) is 0 Å². The summed E-state index contributed by atoms with van der Waals surface area (Å²) in [6.07, 6.45) is -10.2. The Kier molecular flexibility index (Phi) is 3.78. The van der Waals surface area contributed by atoms with Crippen LogP contribution in [0.15, 0.2) is 12.2 Å². The number of alkyl halides is 6. The highest BCUT2D eigenvalue weighted by molar-refractivity contribution is 5.87. The zero-order valence-electron chi connectivity index (χ0n) is 7.37. The highest BCUT2D eigenvalue weighted by Gasteiger charge is 2.65. The lowest BCUT2D eigenvalue weighted by atomic mass is 10.3. The minimum Gasteiger partial charge on any atom is -0.421 e. The minimum absolute atomic E-state index is 0.490. The van der Waals surface area contributed by atoms with E-state index in [0.29, 0.717) is 0 Å². The van der Waals surface area contributed by atoms with Crippen LogP contribution in [0.5, 0.6) is 0 Å². The van der Waals surface area contributed by atoms with Crippen molar-refractivity contribution >= 4 is 5.97 Å². The molecule has 0 spiro atoms. The largest absolute Gasteiger partial charge is 0.460 e. The van der Waals surface area contributed by atoms with Crippen LogP contribution in [0.1, 0.15) is 6.92 Å². The van der Waals surface area contributed by atoms with Crippen molar-refractivity contribution in [2.75, 3.05) is 0 Å². The van der Waals surface area contributed by atoms with Gasteiger partial charge in [-0.3, -0.25) is 0 Å². The Morgan fingerprint density at radius 2 is 1.67 bits per heavy atom. The lowest BCUT2D eigenvalue weighted by Gasteiger charge is -2.22. The van der Waals surface area contributed by atoms with Crippen molar-refractivity contribution in [3.63, 3.8) is 0 Å². The Hall–Kier alpha value is -1.21. The van der Waals surface area contributed by atoms with Gasteiger partial charge in [0.05, 0.1) is 0 Å². The second kappa shape index (κ2) is 4.11. The zero-order chi connectivity index (χ0) is 12.4. The SMILES string of the molecule is C=C(C)C(=O)OC(F)C(F)(F)C(F)(F)F. The normalized spacial score (nSPS) is 14.6. The summed E-state index contributed by atoms with van der Waals surface area (Å²) in [5.41, 5.74) is -0.490. The Labute approximate surface area is 80.5 Å². The lowest BCUT2D eigenvalue weighted by molar-refractivity contribution is -0.334. The molecule has 0 aromatic heterocycles. The first-order valence-corrected chi connectivity index (χ1v) is 3.45. The van der Waals surface area contributed by atoms with Crippen LogP contribution in [0, 0.1) is 0 Å². The molecule has 15 heavy (non-hydrogen) atoms. The van der Waals surface area contributed by atoms with E-state index in [1.54, 1.807) is 0 Å². The summed E-state index contributed by atoms with van der Waals surface area (Å²) in [4.78, 5) is 10.5. The fourth-order valence-corrected chi connectivity index (χ4v) is 0.397. The monoisotopic (exact) mass is 236 g/mol. The smallest absolute Gasteiger partial charge is 0.421 e. The topological polar surface area (TPSA) is 26.3 Å². The van der Waals surface area contributed by atoms with Gasteiger partial charge in [0.1, 0.15) is 0 Å². The number of ether oxygens (including phenoxy) is 1. The molecule has 0 aromatic carbocycles. The highest BCUT2D eigenvalue weighted by atomic mass is 19.4. The minimum atomic E-state index is -6.12. The Morgan fingerprint density at radius 1 is 1.27 bits per heavy atom. The first-order valence-electron chi connectivity index (χ1n) is 3.45. The van der Waals surface area contributed by atoms with E-state index in [0.717, 1.165) is 6.92 Å². The number of esters is 1. The van der Waals surface area contributed by atoms with E-state index in [1.165, 1.54) is 0 Å². The average molecular weight is 236 g/mol. The van der Waals surface area contributed by atoms with E-state index < -0.39 is 30.0 Å². The molecule has 0 aliphatic carbocycles. The van der Waals surface area contributed by atoms with Crippen molar-refractivity contribution in [1.82, 2.24) is 0 Å². The molecule has 2 nitrogen and oxygen atoms in total. The maximum absolute atomic E-state index is 12.3. The first kappa shape index (κ1) is 13.8. The molecule has 1 atom stereocenters. The van der Waals surface area contributed by atoms with Crippen molar-refractivity contribution in [3.05, 3.63) is 12.2 Å². The van der Waals surface area contributed by atoms with Gasteiger partial charge in [-0.1, -0.05) is 6.58 Å². The molecule has 0 aliphatic heterocycles. The van der Waals surface area contributed by atoms with Gasteiger partial charge in [0.2, 0.25) is 0 Å². The summed E-state index contributed by atoms with van der Waals surface area (Å²) in [6.45, 7) is 3.86. The van der Waals surface area contributed by atoms with E-state index in [-0.39, 0.29) is 0 Å². The number of carbonyl (C=O) groups is 1. The summed E-state index contributed by atoms with van der Waals surface area (Å²) >= 11 is 0. The second-order valence-corrected chi connectivity index (χ2v) is 2.62. The molecule has 8 heteroatoms. The van der Waals surface area contributed by atoms with Crippen molar-refractivity contribution in [2.45, 2.75) is 25.4 Å². The van der Waals surface area contributed by atoms with E-state index >= 15 is 0 Å². The van der Waals surface area contributed by atoms with Crippen molar-refractivity contribution in [2.24, 2.45) is 0 Å². The number of hydrogen-bond acceptors (Lipinski definition) is 2. The highest BCUT2D eigenvalue weighted by Crippen LogP contribution is 2.39. The quantitative estimate of drug-likeness (QED) is 0.427. The Morgan fingerprint density at radius 3 is 1.93 bits per heavy atom. The molecule has 0 saturated carbocycles. The molecular formula is C7H6F6O2. The van der Waals surface area contributed by atoms with Gasteiger partial charge in [0, 0.05) is 5.57 Å². The summed E-state index contributed by atoms with van der Waals surface area (Å²) in [5, 5.41) is 0. The van der Waals surface area contributed by atoms with Crippen LogP contribution in [0.3, 0.4) is 0 Å². The molecule has 0 bridgehead atoms. The molecule has 88 valence electrons. The lowest BCUT2D eigenvalue weighted by Crippen LogP contribution is -2.46. The van der Waals surface area contributed by atoms with Crippen LogP contribution in [0.4, 0.5) is 26.3 Å². The Bertz CT molecular complexity index is 269. The van der Waals surface area contributed by atoms with E-state index in [2.05, 4.69) is 11.3 Å². The van der Waals surface area contributed by atoms with Gasteiger partial charge in [0.15, 0.2) is 0 Å². The van der Waals surface area contributed by atoms with E-state index in [9.17, 15) is 31.1 Å². The predicted molar refractivity (Wildman–Crippen MR) is 36.8 cm³/mol.